The highest BCUT2D eigenvalue weighted by Gasteiger charge is 2.12. The molecule has 0 aliphatic heterocycles. The third-order valence-corrected chi connectivity index (χ3v) is 3.41. The normalized spacial score (nSPS) is 12.3. The quantitative estimate of drug-likeness (QED) is 0.747. The van der Waals surface area contributed by atoms with E-state index >= 15 is 0 Å². The lowest BCUT2D eigenvalue weighted by Crippen LogP contribution is -2.31. The molecule has 0 aliphatic rings. The molecular formula is C19H23NO. The van der Waals surface area contributed by atoms with Crippen LogP contribution >= 0.6 is 0 Å². The van der Waals surface area contributed by atoms with Crippen LogP contribution in [0.3, 0.4) is 0 Å². The van der Waals surface area contributed by atoms with Gasteiger partial charge in [0.1, 0.15) is 0 Å². The van der Waals surface area contributed by atoms with Crippen LogP contribution in [0.15, 0.2) is 73.3 Å². The molecule has 21 heavy (non-hydrogen) atoms. The molecule has 1 unspecified atom stereocenters. The maximum atomic E-state index is 10.1. The summed E-state index contributed by atoms with van der Waals surface area (Å²) in [5.41, 5.74) is 2.53. The Morgan fingerprint density at radius 2 is 1.38 bits per heavy atom. The summed E-state index contributed by atoms with van der Waals surface area (Å²) in [6, 6.07) is 20.7. The van der Waals surface area contributed by atoms with Crippen molar-refractivity contribution in [1.29, 1.82) is 0 Å². The zero-order valence-corrected chi connectivity index (χ0v) is 12.4. The van der Waals surface area contributed by atoms with E-state index in [1.165, 1.54) is 11.1 Å². The number of nitrogens with zero attached hydrogens (tertiary/aromatic N) is 1. The first-order valence-electron chi connectivity index (χ1n) is 7.37. The molecule has 1 N–H and O–H groups in total. The Balaban J connectivity index is 2.04. The number of aliphatic hydroxyl groups excluding tert-OH is 1. The van der Waals surface area contributed by atoms with Crippen LogP contribution in [0.4, 0.5) is 0 Å². The lowest BCUT2D eigenvalue weighted by Gasteiger charge is -2.25. The molecule has 2 heteroatoms. The minimum absolute atomic E-state index is 0.366. The molecule has 0 bridgehead atoms. The van der Waals surface area contributed by atoms with Crippen molar-refractivity contribution in [2.75, 3.05) is 6.54 Å². The van der Waals surface area contributed by atoms with Crippen LogP contribution in [0.5, 0.6) is 0 Å². The van der Waals surface area contributed by atoms with Crippen molar-refractivity contribution >= 4 is 0 Å². The van der Waals surface area contributed by atoms with E-state index in [1.54, 1.807) is 6.08 Å². The smallest absolute Gasteiger partial charge is 0.0701 e. The van der Waals surface area contributed by atoms with E-state index in [1.807, 2.05) is 12.1 Å². The molecule has 0 radical (unpaired) electrons. The minimum Gasteiger partial charge on any atom is -0.391 e. The van der Waals surface area contributed by atoms with Gasteiger partial charge in [0.15, 0.2) is 0 Å². The largest absolute Gasteiger partial charge is 0.391 e. The van der Waals surface area contributed by atoms with Gasteiger partial charge in [-0.3, -0.25) is 4.90 Å². The predicted molar refractivity (Wildman–Crippen MR) is 87.8 cm³/mol. The van der Waals surface area contributed by atoms with E-state index in [-0.39, 0.29) is 6.10 Å². The van der Waals surface area contributed by atoms with Crippen molar-refractivity contribution in [1.82, 2.24) is 4.90 Å². The summed E-state index contributed by atoms with van der Waals surface area (Å²) in [6.07, 6.45) is 2.03. The average molecular weight is 281 g/mol. The molecule has 0 aliphatic carbocycles. The molecular weight excluding hydrogens is 258 g/mol. The van der Waals surface area contributed by atoms with Crippen molar-refractivity contribution in [2.45, 2.75) is 25.6 Å². The van der Waals surface area contributed by atoms with E-state index in [9.17, 15) is 5.11 Å². The Bertz CT molecular complexity index is 482. The number of hydrogen-bond acceptors (Lipinski definition) is 2. The highest BCUT2D eigenvalue weighted by Crippen LogP contribution is 2.11. The van der Waals surface area contributed by atoms with Gasteiger partial charge in [-0.15, -0.1) is 6.58 Å². The van der Waals surface area contributed by atoms with Crippen LogP contribution in [0.1, 0.15) is 17.5 Å². The number of hydrogen-bond donors (Lipinski definition) is 1. The molecule has 0 fully saturated rings. The van der Waals surface area contributed by atoms with Crippen molar-refractivity contribution in [3.05, 3.63) is 84.4 Å². The fourth-order valence-electron chi connectivity index (χ4n) is 2.43. The van der Waals surface area contributed by atoms with Crippen LogP contribution < -0.4 is 0 Å². The minimum atomic E-state index is -0.366. The van der Waals surface area contributed by atoms with Crippen molar-refractivity contribution < 1.29 is 5.11 Å². The fraction of sp³-hybridized carbons (Fsp3) is 0.263. The second-order valence-corrected chi connectivity index (χ2v) is 5.32. The first-order valence-corrected chi connectivity index (χ1v) is 7.37. The van der Waals surface area contributed by atoms with Gasteiger partial charge < -0.3 is 5.11 Å². The van der Waals surface area contributed by atoms with Gasteiger partial charge in [-0.05, 0) is 17.5 Å². The van der Waals surface area contributed by atoms with Crippen LogP contribution in [-0.2, 0) is 13.1 Å². The Morgan fingerprint density at radius 1 is 0.905 bits per heavy atom. The standard InChI is InChI=1S/C19H23NO/c1-2-9-19(21)16-20(14-17-10-5-3-6-11-17)15-18-12-7-4-8-13-18/h2-8,10-13,19,21H,1,9,14-16H2. The monoisotopic (exact) mass is 281 g/mol. The summed E-state index contributed by atoms with van der Waals surface area (Å²) in [5.74, 6) is 0. The summed E-state index contributed by atoms with van der Waals surface area (Å²) in [4.78, 5) is 2.28. The van der Waals surface area contributed by atoms with Gasteiger partial charge in [-0.25, -0.2) is 0 Å². The molecule has 2 nitrogen and oxygen atoms in total. The highest BCUT2D eigenvalue weighted by atomic mass is 16.3. The molecule has 0 aromatic heterocycles. The van der Waals surface area contributed by atoms with E-state index in [4.69, 9.17) is 0 Å². The Kier molecular flexibility index (Phi) is 6.20. The van der Waals surface area contributed by atoms with Crippen LogP contribution in [0.2, 0.25) is 0 Å². The van der Waals surface area contributed by atoms with Gasteiger partial charge in [0.05, 0.1) is 6.10 Å². The molecule has 2 aromatic rings. The molecule has 1 atom stereocenters. The number of rotatable bonds is 8. The van der Waals surface area contributed by atoms with E-state index in [0.717, 1.165) is 13.1 Å². The van der Waals surface area contributed by atoms with Crippen LogP contribution in [-0.4, -0.2) is 22.7 Å². The SMILES string of the molecule is C=CCC(O)CN(Cc1ccccc1)Cc1ccccc1. The summed E-state index contributed by atoms with van der Waals surface area (Å²) in [6.45, 7) is 6.02. The molecule has 0 heterocycles. The second kappa shape index (κ2) is 8.40. The Labute approximate surface area is 127 Å². The molecule has 0 spiro atoms. The first kappa shape index (κ1) is 15.5. The molecule has 0 saturated heterocycles. The van der Waals surface area contributed by atoms with Crippen molar-refractivity contribution in [3.63, 3.8) is 0 Å². The molecule has 2 rings (SSSR count). The van der Waals surface area contributed by atoms with E-state index in [0.29, 0.717) is 13.0 Å². The average Bonchev–Trinajstić information content (AvgIpc) is 2.49. The summed E-state index contributed by atoms with van der Waals surface area (Å²) >= 11 is 0. The molecule has 2 aromatic carbocycles. The zero-order chi connectivity index (χ0) is 14.9. The highest BCUT2D eigenvalue weighted by molar-refractivity contribution is 5.17. The maximum absolute atomic E-state index is 10.1. The lowest BCUT2D eigenvalue weighted by molar-refractivity contribution is 0.106. The van der Waals surface area contributed by atoms with E-state index < -0.39 is 0 Å². The van der Waals surface area contributed by atoms with E-state index in [2.05, 4.69) is 60.0 Å². The third-order valence-electron chi connectivity index (χ3n) is 3.41. The van der Waals surface area contributed by atoms with Crippen LogP contribution in [0, 0.1) is 0 Å². The first-order chi connectivity index (χ1) is 10.3. The molecule has 0 amide bonds. The van der Waals surface area contributed by atoms with Gasteiger partial charge in [0.25, 0.3) is 0 Å². The topological polar surface area (TPSA) is 23.5 Å². The lowest BCUT2D eigenvalue weighted by atomic mass is 10.1. The van der Waals surface area contributed by atoms with Crippen molar-refractivity contribution in [2.24, 2.45) is 0 Å². The molecule has 0 saturated carbocycles. The Hall–Kier alpha value is -1.90. The van der Waals surface area contributed by atoms with Crippen molar-refractivity contribution in [3.8, 4) is 0 Å². The van der Waals surface area contributed by atoms with Crippen LogP contribution in [0.25, 0.3) is 0 Å². The summed E-state index contributed by atoms with van der Waals surface area (Å²) < 4.78 is 0. The third kappa shape index (κ3) is 5.54. The van der Waals surface area contributed by atoms with Gasteiger partial charge in [-0.1, -0.05) is 66.7 Å². The maximum Gasteiger partial charge on any atom is 0.0701 e. The zero-order valence-electron chi connectivity index (χ0n) is 12.4. The van der Waals surface area contributed by atoms with Gasteiger partial charge in [0.2, 0.25) is 0 Å². The fourth-order valence-corrected chi connectivity index (χ4v) is 2.43. The molecule has 110 valence electrons. The number of benzene rings is 2. The summed E-state index contributed by atoms with van der Waals surface area (Å²) in [5, 5.41) is 10.1. The summed E-state index contributed by atoms with van der Waals surface area (Å²) in [7, 11) is 0. The van der Waals surface area contributed by atoms with Gasteiger partial charge in [0, 0.05) is 19.6 Å². The second-order valence-electron chi connectivity index (χ2n) is 5.32. The predicted octanol–water partition coefficient (Wildman–Crippen LogP) is 3.63. The van der Waals surface area contributed by atoms with Gasteiger partial charge >= 0.3 is 0 Å². The number of aliphatic hydroxyl groups is 1. The van der Waals surface area contributed by atoms with Gasteiger partial charge in [-0.2, -0.15) is 0 Å². The Morgan fingerprint density at radius 3 is 1.81 bits per heavy atom.